The van der Waals surface area contributed by atoms with E-state index in [0.717, 1.165) is 5.56 Å². The second-order valence-corrected chi connectivity index (χ2v) is 6.26. The second-order valence-electron chi connectivity index (χ2n) is 6.26. The van der Waals surface area contributed by atoms with Crippen LogP contribution in [0.2, 0.25) is 0 Å². The lowest BCUT2D eigenvalue weighted by atomic mass is 9.89. The summed E-state index contributed by atoms with van der Waals surface area (Å²) in [5.74, 6) is -1.92. The fraction of sp³-hybridized carbons (Fsp3) is 0.211. The van der Waals surface area contributed by atoms with E-state index in [-0.39, 0.29) is 18.4 Å². The number of aromatic nitrogens is 2. The van der Waals surface area contributed by atoms with Gasteiger partial charge in [0, 0.05) is 31.4 Å². The van der Waals surface area contributed by atoms with Crippen molar-refractivity contribution in [3.05, 3.63) is 72.2 Å². The quantitative estimate of drug-likeness (QED) is 0.797. The molecule has 1 aromatic carbocycles. The van der Waals surface area contributed by atoms with E-state index < -0.39 is 11.9 Å². The van der Waals surface area contributed by atoms with E-state index in [1.54, 1.807) is 15.5 Å². The molecule has 0 spiro atoms. The molecule has 2 aromatic heterocycles. The van der Waals surface area contributed by atoms with Crippen LogP contribution >= 0.6 is 0 Å². The normalized spacial score (nSPS) is 20.1. The van der Waals surface area contributed by atoms with Crippen LogP contribution in [-0.4, -0.2) is 44.4 Å². The summed E-state index contributed by atoms with van der Waals surface area (Å²) in [5.41, 5.74) is 1.98. The van der Waals surface area contributed by atoms with Crippen LogP contribution in [0.15, 0.2) is 60.9 Å². The van der Waals surface area contributed by atoms with Crippen LogP contribution in [0, 0.1) is 5.92 Å². The van der Waals surface area contributed by atoms with Crippen molar-refractivity contribution in [2.45, 2.75) is 5.92 Å². The monoisotopic (exact) mass is 335 g/mol. The van der Waals surface area contributed by atoms with E-state index in [0.29, 0.717) is 17.9 Å². The summed E-state index contributed by atoms with van der Waals surface area (Å²) < 4.78 is 1.78. The maximum Gasteiger partial charge on any atom is 0.308 e. The van der Waals surface area contributed by atoms with E-state index in [1.807, 2.05) is 54.7 Å². The lowest BCUT2D eigenvalue weighted by Gasteiger charge is -2.15. The molecule has 1 N–H and O–H groups in total. The molecule has 1 fully saturated rings. The summed E-state index contributed by atoms with van der Waals surface area (Å²) in [6.45, 7) is 0.579. The van der Waals surface area contributed by atoms with E-state index >= 15 is 0 Å². The molecule has 1 aliphatic rings. The van der Waals surface area contributed by atoms with Gasteiger partial charge in [0.05, 0.1) is 5.92 Å². The number of carboxylic acids is 1. The van der Waals surface area contributed by atoms with Crippen molar-refractivity contribution in [3.63, 3.8) is 0 Å². The topological polar surface area (TPSA) is 74.9 Å². The van der Waals surface area contributed by atoms with Crippen molar-refractivity contribution in [1.82, 2.24) is 14.3 Å². The molecular weight excluding hydrogens is 318 g/mol. The molecule has 0 unspecified atom stereocenters. The number of imidazole rings is 1. The fourth-order valence-electron chi connectivity index (χ4n) is 3.46. The maximum absolute atomic E-state index is 12.8. The van der Waals surface area contributed by atoms with Gasteiger partial charge in [0.25, 0.3) is 5.91 Å². The van der Waals surface area contributed by atoms with E-state index in [4.69, 9.17) is 0 Å². The largest absolute Gasteiger partial charge is 0.481 e. The molecule has 0 bridgehead atoms. The third-order valence-electron chi connectivity index (χ3n) is 4.74. The Balaban J connectivity index is 1.62. The lowest BCUT2D eigenvalue weighted by molar-refractivity contribution is -0.141. The first-order valence-electron chi connectivity index (χ1n) is 8.14. The SMILES string of the molecule is O=C(O)[C@@H]1CN(C(=O)c2cn3ccccc3n2)C[C@H]1c1ccccc1. The third kappa shape index (κ3) is 2.76. The lowest BCUT2D eigenvalue weighted by Crippen LogP contribution is -2.30. The molecule has 25 heavy (non-hydrogen) atoms. The standard InChI is InChI=1S/C19H17N3O3/c23-18(16-12-21-9-5-4-8-17(21)20-16)22-10-14(15(11-22)19(24)25)13-6-2-1-3-7-13/h1-9,12,14-15H,10-11H2,(H,24,25)/t14-,15+/m0/s1. The highest BCUT2D eigenvalue weighted by Crippen LogP contribution is 2.33. The summed E-state index contributed by atoms with van der Waals surface area (Å²) >= 11 is 0. The van der Waals surface area contributed by atoms with E-state index in [1.165, 1.54) is 0 Å². The number of pyridine rings is 1. The van der Waals surface area contributed by atoms with Gasteiger partial charge in [-0.15, -0.1) is 0 Å². The molecule has 0 saturated carbocycles. The van der Waals surface area contributed by atoms with Crippen molar-refractivity contribution in [2.75, 3.05) is 13.1 Å². The Morgan fingerprint density at radius 2 is 1.80 bits per heavy atom. The summed E-state index contributed by atoms with van der Waals surface area (Å²) in [6.07, 6.45) is 3.51. The van der Waals surface area contributed by atoms with Crippen LogP contribution < -0.4 is 0 Å². The smallest absolute Gasteiger partial charge is 0.308 e. The van der Waals surface area contributed by atoms with Gasteiger partial charge >= 0.3 is 5.97 Å². The summed E-state index contributed by atoms with van der Waals surface area (Å²) in [7, 11) is 0. The number of benzene rings is 1. The van der Waals surface area contributed by atoms with Crippen molar-refractivity contribution < 1.29 is 14.7 Å². The first-order chi connectivity index (χ1) is 12.1. The van der Waals surface area contributed by atoms with Crippen LogP contribution in [-0.2, 0) is 4.79 Å². The number of hydrogen-bond donors (Lipinski definition) is 1. The molecule has 3 heterocycles. The van der Waals surface area contributed by atoms with Gasteiger partial charge in [-0.3, -0.25) is 9.59 Å². The number of hydrogen-bond acceptors (Lipinski definition) is 3. The van der Waals surface area contributed by atoms with Gasteiger partial charge in [-0.1, -0.05) is 36.4 Å². The van der Waals surface area contributed by atoms with Gasteiger partial charge < -0.3 is 14.4 Å². The van der Waals surface area contributed by atoms with Gasteiger partial charge in [0.1, 0.15) is 11.3 Å². The molecule has 6 nitrogen and oxygen atoms in total. The highest BCUT2D eigenvalue weighted by atomic mass is 16.4. The zero-order chi connectivity index (χ0) is 17.4. The number of carbonyl (C=O) groups excluding carboxylic acids is 1. The van der Waals surface area contributed by atoms with Gasteiger partial charge in [-0.05, 0) is 17.7 Å². The highest BCUT2D eigenvalue weighted by Gasteiger charge is 2.41. The number of rotatable bonds is 3. The van der Waals surface area contributed by atoms with Gasteiger partial charge in [0.2, 0.25) is 0 Å². The Morgan fingerprint density at radius 3 is 2.52 bits per heavy atom. The van der Waals surface area contributed by atoms with Gasteiger partial charge in [0.15, 0.2) is 0 Å². The molecule has 6 heteroatoms. The Bertz CT molecular complexity index is 902. The number of amides is 1. The predicted octanol–water partition coefficient (Wildman–Crippen LogP) is 2.27. The van der Waals surface area contributed by atoms with E-state index in [9.17, 15) is 14.7 Å². The number of likely N-dealkylation sites (tertiary alicyclic amines) is 1. The fourth-order valence-corrected chi connectivity index (χ4v) is 3.46. The zero-order valence-corrected chi connectivity index (χ0v) is 13.4. The van der Waals surface area contributed by atoms with Crippen LogP contribution in [0.5, 0.6) is 0 Å². The summed E-state index contributed by atoms with van der Waals surface area (Å²) in [5, 5.41) is 9.57. The minimum Gasteiger partial charge on any atom is -0.481 e. The van der Waals surface area contributed by atoms with Crippen molar-refractivity contribution in [3.8, 4) is 0 Å². The number of carbonyl (C=O) groups is 2. The molecule has 126 valence electrons. The average Bonchev–Trinajstić information content (AvgIpc) is 3.26. The predicted molar refractivity (Wildman–Crippen MR) is 91.4 cm³/mol. The molecule has 1 saturated heterocycles. The maximum atomic E-state index is 12.8. The third-order valence-corrected chi connectivity index (χ3v) is 4.74. The van der Waals surface area contributed by atoms with Crippen LogP contribution in [0.25, 0.3) is 5.65 Å². The first kappa shape index (κ1) is 15.4. The number of aliphatic carboxylic acids is 1. The summed E-state index contributed by atoms with van der Waals surface area (Å²) in [6, 6.07) is 15.1. The molecule has 0 radical (unpaired) electrons. The van der Waals surface area contributed by atoms with Crippen molar-refractivity contribution in [1.29, 1.82) is 0 Å². The molecule has 1 aliphatic heterocycles. The highest BCUT2D eigenvalue weighted by molar-refractivity contribution is 5.93. The molecule has 2 atom stereocenters. The molecule has 1 amide bonds. The molecule has 0 aliphatic carbocycles. The van der Waals surface area contributed by atoms with Crippen LogP contribution in [0.3, 0.4) is 0 Å². The first-order valence-corrected chi connectivity index (χ1v) is 8.14. The van der Waals surface area contributed by atoms with Crippen molar-refractivity contribution >= 4 is 17.5 Å². The second kappa shape index (κ2) is 6.05. The number of fused-ring (bicyclic) bond motifs is 1. The summed E-state index contributed by atoms with van der Waals surface area (Å²) in [4.78, 5) is 30.4. The molecule has 3 aromatic rings. The zero-order valence-electron chi connectivity index (χ0n) is 13.4. The number of carboxylic acid groups (broad SMARTS) is 1. The van der Waals surface area contributed by atoms with Gasteiger partial charge in [-0.2, -0.15) is 0 Å². The van der Waals surface area contributed by atoms with Crippen LogP contribution in [0.1, 0.15) is 22.0 Å². The molecular formula is C19H17N3O3. The Morgan fingerprint density at radius 1 is 1.04 bits per heavy atom. The van der Waals surface area contributed by atoms with Crippen LogP contribution in [0.4, 0.5) is 0 Å². The minimum atomic E-state index is -0.876. The van der Waals surface area contributed by atoms with Crippen molar-refractivity contribution in [2.24, 2.45) is 5.92 Å². The van der Waals surface area contributed by atoms with Gasteiger partial charge in [-0.25, -0.2) is 4.98 Å². The Labute approximate surface area is 144 Å². The molecule has 4 rings (SSSR count). The Hall–Kier alpha value is -3.15. The number of nitrogens with zero attached hydrogens (tertiary/aromatic N) is 3. The Kier molecular flexibility index (Phi) is 3.72. The average molecular weight is 335 g/mol. The van der Waals surface area contributed by atoms with E-state index in [2.05, 4.69) is 4.98 Å². The minimum absolute atomic E-state index is 0.196.